The minimum Gasteiger partial charge on any atom is -0.497 e. The highest BCUT2D eigenvalue weighted by Crippen LogP contribution is 2.28. The molecule has 0 atom stereocenters. The van der Waals surface area contributed by atoms with Crippen molar-refractivity contribution in [2.45, 2.75) is 6.36 Å². The predicted octanol–water partition coefficient (Wildman–Crippen LogP) is 3.17. The molecule has 94 valence electrons. The molecule has 17 heavy (non-hydrogen) atoms. The number of Topliss-reactive ketones (excluding diaryl/α,β-unsaturated/α-hetero) is 1. The van der Waals surface area contributed by atoms with Crippen LogP contribution in [-0.2, 0) is 0 Å². The van der Waals surface area contributed by atoms with Crippen LogP contribution in [0.2, 0.25) is 0 Å². The molecule has 1 aromatic carbocycles. The zero-order chi connectivity index (χ0) is 13.1. The smallest absolute Gasteiger partial charge is 0.497 e. The first-order valence-corrected chi connectivity index (χ1v) is 5.52. The molecular weight excluding hydrogens is 305 g/mol. The van der Waals surface area contributed by atoms with Crippen molar-refractivity contribution in [1.82, 2.24) is 0 Å². The van der Waals surface area contributed by atoms with Crippen LogP contribution < -0.4 is 9.47 Å². The lowest BCUT2D eigenvalue weighted by molar-refractivity contribution is -0.274. The molecule has 0 aliphatic heterocycles. The van der Waals surface area contributed by atoms with E-state index < -0.39 is 12.1 Å². The lowest BCUT2D eigenvalue weighted by Crippen LogP contribution is -2.17. The van der Waals surface area contributed by atoms with Crippen molar-refractivity contribution < 1.29 is 27.4 Å². The number of benzene rings is 1. The molecule has 0 N–H and O–H groups in total. The Hall–Kier alpha value is -1.24. The molecule has 0 fully saturated rings. The molecule has 0 aromatic heterocycles. The quantitative estimate of drug-likeness (QED) is 0.633. The monoisotopic (exact) mass is 312 g/mol. The first-order valence-electron chi connectivity index (χ1n) is 4.39. The van der Waals surface area contributed by atoms with Gasteiger partial charge >= 0.3 is 6.36 Å². The van der Waals surface area contributed by atoms with Gasteiger partial charge in [-0.1, -0.05) is 15.9 Å². The van der Waals surface area contributed by atoms with Crippen LogP contribution in [0.5, 0.6) is 11.5 Å². The van der Waals surface area contributed by atoms with E-state index in [-0.39, 0.29) is 22.4 Å². The molecule has 0 heterocycles. The van der Waals surface area contributed by atoms with Gasteiger partial charge in [-0.3, -0.25) is 4.79 Å². The largest absolute Gasteiger partial charge is 0.573 e. The van der Waals surface area contributed by atoms with Crippen molar-refractivity contribution in [1.29, 1.82) is 0 Å². The first-order chi connectivity index (χ1) is 7.85. The lowest BCUT2D eigenvalue weighted by atomic mass is 10.1. The average Bonchev–Trinajstić information content (AvgIpc) is 2.25. The Balaban J connectivity index is 3.09. The summed E-state index contributed by atoms with van der Waals surface area (Å²) in [7, 11) is 1.29. The number of hydrogen-bond donors (Lipinski definition) is 0. The Morgan fingerprint density at radius 3 is 2.35 bits per heavy atom. The number of rotatable bonds is 4. The Morgan fingerprint density at radius 1 is 1.29 bits per heavy atom. The zero-order valence-corrected chi connectivity index (χ0v) is 10.3. The van der Waals surface area contributed by atoms with Gasteiger partial charge in [0.1, 0.15) is 11.5 Å². The third-order valence-corrected chi connectivity index (χ3v) is 2.30. The molecule has 0 spiro atoms. The number of halogens is 4. The molecule has 0 saturated heterocycles. The van der Waals surface area contributed by atoms with E-state index in [1.54, 1.807) is 0 Å². The minimum atomic E-state index is -4.80. The van der Waals surface area contributed by atoms with Gasteiger partial charge in [-0.05, 0) is 12.1 Å². The van der Waals surface area contributed by atoms with Gasteiger partial charge in [0.25, 0.3) is 0 Å². The molecule has 0 bridgehead atoms. The van der Waals surface area contributed by atoms with E-state index in [4.69, 9.17) is 4.74 Å². The summed E-state index contributed by atoms with van der Waals surface area (Å²) in [6.07, 6.45) is -4.80. The number of alkyl halides is 4. The van der Waals surface area contributed by atoms with E-state index in [0.29, 0.717) is 0 Å². The van der Waals surface area contributed by atoms with Crippen LogP contribution in [0.15, 0.2) is 18.2 Å². The van der Waals surface area contributed by atoms with E-state index in [0.717, 1.165) is 12.1 Å². The summed E-state index contributed by atoms with van der Waals surface area (Å²) in [5.74, 6) is -0.729. The van der Waals surface area contributed by atoms with Gasteiger partial charge in [-0.15, -0.1) is 13.2 Å². The number of carbonyl (C=O) groups is 1. The van der Waals surface area contributed by atoms with Gasteiger partial charge in [0.05, 0.1) is 12.4 Å². The standard InChI is InChI=1S/C10H8BrF3O3/c1-16-7-2-6(9(15)5-11)3-8(4-7)17-10(12,13)14/h2-4H,5H2,1H3. The van der Waals surface area contributed by atoms with Crippen LogP contribution in [0.4, 0.5) is 13.2 Å². The topological polar surface area (TPSA) is 35.5 Å². The summed E-state index contributed by atoms with van der Waals surface area (Å²) in [4.78, 5) is 11.4. The molecule has 0 saturated carbocycles. The fraction of sp³-hybridized carbons (Fsp3) is 0.300. The van der Waals surface area contributed by atoms with Crippen LogP contribution in [0, 0.1) is 0 Å². The molecule has 0 aliphatic carbocycles. The molecule has 3 nitrogen and oxygen atoms in total. The average molecular weight is 313 g/mol. The summed E-state index contributed by atoms with van der Waals surface area (Å²) in [5, 5.41) is 0.00558. The van der Waals surface area contributed by atoms with E-state index >= 15 is 0 Å². The maximum absolute atomic E-state index is 12.0. The fourth-order valence-electron chi connectivity index (χ4n) is 1.12. The fourth-order valence-corrected chi connectivity index (χ4v) is 1.44. The highest BCUT2D eigenvalue weighted by atomic mass is 79.9. The Kier molecular flexibility index (Phi) is 4.39. The second-order valence-corrected chi connectivity index (χ2v) is 3.56. The molecule has 7 heteroatoms. The predicted molar refractivity (Wildman–Crippen MR) is 57.8 cm³/mol. The van der Waals surface area contributed by atoms with Crippen molar-refractivity contribution in [3.05, 3.63) is 23.8 Å². The molecule has 0 aliphatic rings. The van der Waals surface area contributed by atoms with E-state index in [1.807, 2.05) is 0 Å². The number of ketones is 1. The highest BCUT2D eigenvalue weighted by molar-refractivity contribution is 9.09. The van der Waals surface area contributed by atoms with Crippen LogP contribution in [0.25, 0.3) is 0 Å². The van der Waals surface area contributed by atoms with Crippen molar-refractivity contribution in [2.75, 3.05) is 12.4 Å². The summed E-state index contributed by atoms with van der Waals surface area (Å²) < 4.78 is 44.6. The molecule has 0 amide bonds. The summed E-state index contributed by atoms with van der Waals surface area (Å²) in [6.45, 7) is 0. The van der Waals surface area contributed by atoms with Crippen LogP contribution in [0.3, 0.4) is 0 Å². The van der Waals surface area contributed by atoms with Gasteiger partial charge in [0.2, 0.25) is 0 Å². The summed E-state index contributed by atoms with van der Waals surface area (Å²) >= 11 is 2.93. The van der Waals surface area contributed by atoms with Crippen LogP contribution in [0.1, 0.15) is 10.4 Å². The van der Waals surface area contributed by atoms with Crippen molar-refractivity contribution in [3.8, 4) is 11.5 Å². The summed E-state index contributed by atoms with van der Waals surface area (Å²) in [6, 6.07) is 3.41. The molecule has 1 aromatic rings. The normalized spacial score (nSPS) is 11.1. The van der Waals surface area contributed by atoms with Gasteiger partial charge in [0, 0.05) is 11.6 Å². The molecular formula is C10H8BrF3O3. The van der Waals surface area contributed by atoms with Gasteiger partial charge in [-0.25, -0.2) is 0 Å². The number of ether oxygens (including phenoxy) is 2. The Morgan fingerprint density at radius 2 is 1.88 bits per heavy atom. The number of methoxy groups -OCH3 is 1. The van der Waals surface area contributed by atoms with Gasteiger partial charge in [0.15, 0.2) is 5.78 Å². The number of hydrogen-bond acceptors (Lipinski definition) is 3. The maximum Gasteiger partial charge on any atom is 0.573 e. The number of carbonyl (C=O) groups excluding carboxylic acids is 1. The van der Waals surface area contributed by atoms with Gasteiger partial charge < -0.3 is 9.47 Å². The summed E-state index contributed by atoms with van der Waals surface area (Å²) in [5.41, 5.74) is 0.0838. The minimum absolute atomic E-state index is 0.00558. The molecule has 0 unspecified atom stereocenters. The van der Waals surface area contributed by atoms with Crippen molar-refractivity contribution >= 4 is 21.7 Å². The van der Waals surface area contributed by atoms with Gasteiger partial charge in [-0.2, -0.15) is 0 Å². The maximum atomic E-state index is 12.0. The van der Waals surface area contributed by atoms with E-state index in [1.165, 1.54) is 13.2 Å². The second-order valence-electron chi connectivity index (χ2n) is 3.00. The van der Waals surface area contributed by atoms with Crippen LogP contribution in [-0.4, -0.2) is 24.6 Å². The third kappa shape index (κ3) is 4.26. The Bertz CT molecular complexity index is 418. The first kappa shape index (κ1) is 13.8. The SMILES string of the molecule is COc1cc(OC(F)(F)F)cc(C(=O)CBr)c1. The van der Waals surface area contributed by atoms with E-state index in [2.05, 4.69) is 20.7 Å². The highest BCUT2D eigenvalue weighted by Gasteiger charge is 2.31. The Labute approximate surface area is 104 Å². The second kappa shape index (κ2) is 5.39. The van der Waals surface area contributed by atoms with Crippen molar-refractivity contribution in [3.63, 3.8) is 0 Å². The van der Waals surface area contributed by atoms with Crippen LogP contribution >= 0.6 is 15.9 Å². The molecule has 0 radical (unpaired) electrons. The zero-order valence-electron chi connectivity index (χ0n) is 8.68. The van der Waals surface area contributed by atoms with E-state index in [9.17, 15) is 18.0 Å². The van der Waals surface area contributed by atoms with Crippen molar-refractivity contribution in [2.24, 2.45) is 0 Å². The molecule has 1 rings (SSSR count). The third-order valence-electron chi connectivity index (χ3n) is 1.79. The lowest BCUT2D eigenvalue weighted by Gasteiger charge is -2.11.